The molecular weight excluding hydrogens is 278 g/mol. The molecule has 0 unspecified atom stereocenters. The first-order valence-electron chi connectivity index (χ1n) is 7.52. The van der Waals surface area contributed by atoms with Gasteiger partial charge in [0.1, 0.15) is 11.6 Å². The van der Waals surface area contributed by atoms with Crippen LogP contribution in [0.15, 0.2) is 29.2 Å². The molecule has 110 valence electrons. The Hall–Kier alpha value is -1.55. The van der Waals surface area contributed by atoms with Crippen molar-refractivity contribution in [2.24, 2.45) is 0 Å². The third-order valence-corrected chi connectivity index (χ3v) is 4.81. The fraction of sp³-hybridized carbons (Fsp3) is 0.412. The van der Waals surface area contributed by atoms with Crippen LogP contribution in [0.5, 0.6) is 0 Å². The van der Waals surface area contributed by atoms with E-state index in [1.165, 1.54) is 34.6 Å². The van der Waals surface area contributed by atoms with Crippen LogP contribution in [-0.4, -0.2) is 17.0 Å². The van der Waals surface area contributed by atoms with Crippen LogP contribution in [0.3, 0.4) is 0 Å². The molecule has 1 N–H and O–H groups in total. The largest absolute Gasteiger partial charge is 0.373 e. The van der Waals surface area contributed by atoms with Crippen LogP contribution in [0, 0.1) is 6.92 Å². The number of hydrogen-bond donors (Lipinski definition) is 1. The van der Waals surface area contributed by atoms with Crippen molar-refractivity contribution >= 4 is 17.6 Å². The van der Waals surface area contributed by atoms with E-state index in [1.54, 1.807) is 11.8 Å². The van der Waals surface area contributed by atoms with E-state index >= 15 is 0 Å². The average molecular weight is 299 g/mol. The van der Waals surface area contributed by atoms with Crippen molar-refractivity contribution in [2.45, 2.75) is 43.3 Å². The maximum absolute atomic E-state index is 4.79. The minimum Gasteiger partial charge on any atom is -0.373 e. The van der Waals surface area contributed by atoms with Gasteiger partial charge < -0.3 is 5.32 Å². The van der Waals surface area contributed by atoms with Crippen molar-refractivity contribution in [3.05, 3.63) is 46.9 Å². The first-order chi connectivity index (χ1) is 10.3. The van der Waals surface area contributed by atoms with Gasteiger partial charge in [-0.05, 0) is 44.7 Å². The second kappa shape index (κ2) is 6.48. The van der Waals surface area contributed by atoms with Gasteiger partial charge in [-0.2, -0.15) is 0 Å². The standard InChI is InChI=1S/C17H21N3S/c1-12-6-5-7-13(10-12)21-11-16-19-15-9-4-3-8-14(15)17(18-2)20-16/h5-7,10H,3-4,8-9,11H2,1-2H3,(H,18,19,20). The first kappa shape index (κ1) is 14.4. The average Bonchev–Trinajstić information content (AvgIpc) is 2.52. The molecule has 0 saturated carbocycles. The maximum atomic E-state index is 4.79. The van der Waals surface area contributed by atoms with E-state index in [9.17, 15) is 0 Å². The Morgan fingerprint density at radius 3 is 2.86 bits per heavy atom. The van der Waals surface area contributed by atoms with Crippen LogP contribution in [0.25, 0.3) is 0 Å². The molecule has 21 heavy (non-hydrogen) atoms. The summed E-state index contributed by atoms with van der Waals surface area (Å²) in [6, 6.07) is 8.58. The molecule has 1 aliphatic carbocycles. The van der Waals surface area contributed by atoms with Crippen LogP contribution >= 0.6 is 11.8 Å². The van der Waals surface area contributed by atoms with Gasteiger partial charge >= 0.3 is 0 Å². The van der Waals surface area contributed by atoms with E-state index in [1.807, 2.05) is 7.05 Å². The summed E-state index contributed by atoms with van der Waals surface area (Å²) < 4.78 is 0. The number of hydrogen-bond acceptors (Lipinski definition) is 4. The molecule has 1 aromatic carbocycles. The Balaban J connectivity index is 1.79. The van der Waals surface area contributed by atoms with Gasteiger partial charge in [-0.3, -0.25) is 0 Å². The lowest BCUT2D eigenvalue weighted by Gasteiger charge is -2.18. The summed E-state index contributed by atoms with van der Waals surface area (Å²) in [4.78, 5) is 10.8. The lowest BCUT2D eigenvalue weighted by Crippen LogP contribution is -2.13. The lowest BCUT2D eigenvalue weighted by molar-refractivity contribution is 0.659. The van der Waals surface area contributed by atoms with Gasteiger partial charge in [0, 0.05) is 23.2 Å². The smallest absolute Gasteiger partial charge is 0.141 e. The second-order valence-electron chi connectivity index (χ2n) is 5.48. The van der Waals surface area contributed by atoms with Crippen molar-refractivity contribution in [1.29, 1.82) is 0 Å². The van der Waals surface area contributed by atoms with Crippen LogP contribution < -0.4 is 5.32 Å². The van der Waals surface area contributed by atoms with Crippen molar-refractivity contribution in [2.75, 3.05) is 12.4 Å². The first-order valence-corrected chi connectivity index (χ1v) is 8.50. The fourth-order valence-corrected chi connectivity index (χ4v) is 3.64. The molecule has 0 amide bonds. The summed E-state index contributed by atoms with van der Waals surface area (Å²) in [5, 5.41) is 3.24. The lowest BCUT2D eigenvalue weighted by atomic mass is 9.96. The van der Waals surface area contributed by atoms with Crippen molar-refractivity contribution in [1.82, 2.24) is 9.97 Å². The fourth-order valence-electron chi connectivity index (χ4n) is 2.77. The van der Waals surface area contributed by atoms with E-state index in [2.05, 4.69) is 36.5 Å². The SMILES string of the molecule is CNc1nc(CSc2cccc(C)c2)nc2c1CCCC2. The highest BCUT2D eigenvalue weighted by Gasteiger charge is 2.17. The number of aromatic nitrogens is 2. The Morgan fingerprint density at radius 1 is 1.19 bits per heavy atom. The van der Waals surface area contributed by atoms with Crippen LogP contribution in [0.2, 0.25) is 0 Å². The number of rotatable bonds is 4. The van der Waals surface area contributed by atoms with E-state index < -0.39 is 0 Å². The van der Waals surface area contributed by atoms with Gasteiger partial charge in [0.25, 0.3) is 0 Å². The van der Waals surface area contributed by atoms with Gasteiger partial charge in [0.15, 0.2) is 0 Å². The summed E-state index contributed by atoms with van der Waals surface area (Å²) in [7, 11) is 1.95. The number of thioether (sulfide) groups is 1. The summed E-state index contributed by atoms with van der Waals surface area (Å²) in [5.74, 6) is 2.79. The minimum atomic E-state index is 0.825. The molecule has 0 spiro atoms. The predicted octanol–water partition coefficient (Wildman–Crippen LogP) is 4.00. The van der Waals surface area contributed by atoms with Gasteiger partial charge in [-0.1, -0.05) is 17.7 Å². The number of nitrogens with zero attached hydrogens (tertiary/aromatic N) is 2. The molecule has 4 heteroatoms. The number of aryl methyl sites for hydroxylation is 2. The highest BCUT2D eigenvalue weighted by atomic mass is 32.2. The van der Waals surface area contributed by atoms with E-state index in [0.29, 0.717) is 0 Å². The zero-order chi connectivity index (χ0) is 14.7. The highest BCUT2D eigenvalue weighted by Crippen LogP contribution is 2.28. The zero-order valence-electron chi connectivity index (χ0n) is 12.6. The third kappa shape index (κ3) is 3.38. The molecule has 1 heterocycles. The molecule has 0 radical (unpaired) electrons. The molecule has 2 aromatic rings. The summed E-state index contributed by atoms with van der Waals surface area (Å²) in [6.07, 6.45) is 4.70. The Kier molecular flexibility index (Phi) is 4.44. The van der Waals surface area contributed by atoms with Crippen molar-refractivity contribution in [3.8, 4) is 0 Å². The van der Waals surface area contributed by atoms with E-state index in [4.69, 9.17) is 9.97 Å². The van der Waals surface area contributed by atoms with Gasteiger partial charge in [-0.15, -0.1) is 11.8 Å². The number of benzene rings is 1. The molecule has 0 atom stereocenters. The van der Waals surface area contributed by atoms with Gasteiger partial charge in [0.05, 0.1) is 5.75 Å². The minimum absolute atomic E-state index is 0.825. The molecule has 0 bridgehead atoms. The summed E-state index contributed by atoms with van der Waals surface area (Å²) >= 11 is 1.80. The molecule has 0 saturated heterocycles. The third-order valence-electron chi connectivity index (χ3n) is 3.82. The topological polar surface area (TPSA) is 37.8 Å². The Morgan fingerprint density at radius 2 is 2.05 bits per heavy atom. The molecule has 0 aliphatic heterocycles. The molecule has 1 aliphatic rings. The quantitative estimate of drug-likeness (QED) is 0.866. The predicted molar refractivity (Wildman–Crippen MR) is 89.0 cm³/mol. The molecule has 3 rings (SSSR count). The Labute approximate surface area is 130 Å². The number of anilines is 1. The van der Waals surface area contributed by atoms with Crippen LogP contribution in [0.4, 0.5) is 5.82 Å². The zero-order valence-corrected chi connectivity index (χ0v) is 13.5. The molecule has 3 nitrogen and oxygen atoms in total. The van der Waals surface area contributed by atoms with E-state index in [0.717, 1.165) is 30.2 Å². The van der Waals surface area contributed by atoms with Gasteiger partial charge in [0.2, 0.25) is 0 Å². The normalized spacial score (nSPS) is 13.8. The van der Waals surface area contributed by atoms with Crippen molar-refractivity contribution in [3.63, 3.8) is 0 Å². The van der Waals surface area contributed by atoms with Crippen molar-refractivity contribution < 1.29 is 0 Å². The summed E-state index contributed by atoms with van der Waals surface area (Å²) in [6.45, 7) is 2.12. The Bertz CT molecular complexity index is 623. The molecule has 1 aromatic heterocycles. The van der Waals surface area contributed by atoms with E-state index in [-0.39, 0.29) is 0 Å². The monoisotopic (exact) mass is 299 g/mol. The number of fused-ring (bicyclic) bond motifs is 1. The second-order valence-corrected chi connectivity index (χ2v) is 6.52. The summed E-state index contributed by atoms with van der Waals surface area (Å²) in [5.41, 5.74) is 3.87. The highest BCUT2D eigenvalue weighted by molar-refractivity contribution is 7.98. The maximum Gasteiger partial charge on any atom is 0.141 e. The van der Waals surface area contributed by atoms with Gasteiger partial charge in [-0.25, -0.2) is 9.97 Å². The molecule has 0 fully saturated rings. The number of nitrogens with one attached hydrogen (secondary N) is 1. The van der Waals surface area contributed by atoms with Crippen LogP contribution in [0.1, 0.15) is 35.5 Å². The van der Waals surface area contributed by atoms with Crippen LogP contribution in [-0.2, 0) is 18.6 Å². The molecular formula is C17H21N3S.